The Labute approximate surface area is 99.4 Å². The van der Waals surface area contributed by atoms with Crippen LogP contribution in [-0.4, -0.2) is 27.5 Å². The van der Waals surface area contributed by atoms with E-state index >= 15 is 0 Å². The van der Waals surface area contributed by atoms with Crippen LogP contribution in [0.4, 0.5) is 5.69 Å². The third kappa shape index (κ3) is 3.01. The molecule has 1 aromatic rings. The highest BCUT2D eigenvalue weighted by atomic mass is 16.5. The van der Waals surface area contributed by atoms with Crippen LogP contribution in [0, 0.1) is 11.3 Å². The Bertz CT molecular complexity index is 427. The molecule has 0 saturated carbocycles. The Balaban J connectivity index is 3.09. The van der Waals surface area contributed by atoms with Crippen molar-refractivity contribution in [3.05, 3.63) is 12.1 Å². The normalized spacial score (nSPS) is 9.76. The molecule has 0 aliphatic carbocycles. The van der Waals surface area contributed by atoms with Gasteiger partial charge in [0.2, 0.25) is 5.75 Å². The molecule has 6 nitrogen and oxygen atoms in total. The van der Waals surface area contributed by atoms with E-state index in [1.807, 2.05) is 0 Å². The second-order valence-electron chi connectivity index (χ2n) is 2.91. The van der Waals surface area contributed by atoms with Gasteiger partial charge in [-0.25, -0.2) is 0 Å². The van der Waals surface area contributed by atoms with E-state index in [2.05, 4.69) is 10.5 Å². The number of nitrogens with one attached hydrogen (secondary N) is 1. The fourth-order valence-electron chi connectivity index (χ4n) is 1.28. The number of rotatable bonds is 5. The first-order chi connectivity index (χ1) is 8.26. The molecule has 90 valence electrons. The average molecular weight is 235 g/mol. The predicted octanol–water partition coefficient (Wildman–Crippen LogP) is 1.63. The SMILES string of the molecule is COc1cc(N/N=C\C#N)cc(OC)c1OC. The Morgan fingerprint density at radius 1 is 1.18 bits per heavy atom. The van der Waals surface area contributed by atoms with Gasteiger partial charge < -0.3 is 14.2 Å². The number of benzene rings is 1. The van der Waals surface area contributed by atoms with Crippen molar-refractivity contribution in [1.29, 1.82) is 5.26 Å². The standard InChI is InChI=1S/C11H13N3O3/c1-15-9-6-8(14-13-5-4-12)7-10(16-2)11(9)17-3/h5-7,14H,1-3H3/b13-5-. The minimum atomic E-state index is 0.504. The second kappa shape index (κ2) is 6.23. The molecule has 0 fully saturated rings. The van der Waals surface area contributed by atoms with Crippen LogP contribution in [-0.2, 0) is 0 Å². The highest BCUT2D eigenvalue weighted by Crippen LogP contribution is 2.39. The van der Waals surface area contributed by atoms with Crippen molar-refractivity contribution >= 4 is 11.9 Å². The summed E-state index contributed by atoms with van der Waals surface area (Å²) in [5, 5.41) is 12.0. The number of nitrogens with zero attached hydrogens (tertiary/aromatic N) is 2. The molecule has 0 aliphatic heterocycles. The van der Waals surface area contributed by atoms with Crippen LogP contribution in [0.15, 0.2) is 17.2 Å². The number of hydrogen-bond donors (Lipinski definition) is 1. The molecule has 0 amide bonds. The van der Waals surface area contributed by atoms with Crippen LogP contribution < -0.4 is 19.6 Å². The van der Waals surface area contributed by atoms with Crippen molar-refractivity contribution in [3.8, 4) is 23.3 Å². The van der Waals surface area contributed by atoms with Crippen LogP contribution in [0.25, 0.3) is 0 Å². The highest BCUT2D eigenvalue weighted by Gasteiger charge is 2.12. The maximum Gasteiger partial charge on any atom is 0.203 e. The van der Waals surface area contributed by atoms with Gasteiger partial charge in [0.1, 0.15) is 12.3 Å². The van der Waals surface area contributed by atoms with Gasteiger partial charge in [0.15, 0.2) is 11.5 Å². The fraction of sp³-hybridized carbons (Fsp3) is 0.273. The van der Waals surface area contributed by atoms with E-state index in [9.17, 15) is 0 Å². The molecule has 1 N–H and O–H groups in total. The van der Waals surface area contributed by atoms with Crippen molar-refractivity contribution < 1.29 is 14.2 Å². The van der Waals surface area contributed by atoms with Gasteiger partial charge in [-0.05, 0) is 0 Å². The topological polar surface area (TPSA) is 75.9 Å². The fourth-order valence-corrected chi connectivity index (χ4v) is 1.28. The number of ether oxygens (including phenoxy) is 3. The average Bonchev–Trinajstić information content (AvgIpc) is 2.37. The second-order valence-corrected chi connectivity index (χ2v) is 2.91. The summed E-state index contributed by atoms with van der Waals surface area (Å²) in [6, 6.07) is 5.16. The van der Waals surface area contributed by atoms with Gasteiger partial charge in [-0.2, -0.15) is 10.4 Å². The molecule has 17 heavy (non-hydrogen) atoms. The van der Waals surface area contributed by atoms with Crippen LogP contribution >= 0.6 is 0 Å². The maximum atomic E-state index is 8.32. The molecule has 1 aromatic carbocycles. The minimum absolute atomic E-state index is 0.504. The monoisotopic (exact) mass is 235 g/mol. The maximum absolute atomic E-state index is 8.32. The van der Waals surface area contributed by atoms with Crippen LogP contribution in [0.1, 0.15) is 0 Å². The van der Waals surface area contributed by atoms with Gasteiger partial charge in [0.25, 0.3) is 0 Å². The first-order valence-corrected chi connectivity index (χ1v) is 4.74. The zero-order chi connectivity index (χ0) is 12.7. The van der Waals surface area contributed by atoms with Gasteiger partial charge in [0.05, 0.1) is 27.0 Å². The zero-order valence-electron chi connectivity index (χ0n) is 9.85. The van der Waals surface area contributed by atoms with Gasteiger partial charge in [0, 0.05) is 12.1 Å². The highest BCUT2D eigenvalue weighted by molar-refractivity contribution is 5.76. The molecule has 0 atom stereocenters. The van der Waals surface area contributed by atoms with Gasteiger partial charge in [-0.3, -0.25) is 5.43 Å². The zero-order valence-corrected chi connectivity index (χ0v) is 9.85. The lowest BCUT2D eigenvalue weighted by Gasteiger charge is -2.13. The summed E-state index contributed by atoms with van der Waals surface area (Å²) >= 11 is 0. The molecular weight excluding hydrogens is 222 g/mol. The number of hydrogen-bond acceptors (Lipinski definition) is 6. The van der Waals surface area contributed by atoms with E-state index in [0.717, 1.165) is 6.21 Å². The summed E-state index contributed by atoms with van der Waals surface area (Å²) in [4.78, 5) is 0. The Kier molecular flexibility index (Phi) is 4.63. The largest absolute Gasteiger partial charge is 0.493 e. The lowest BCUT2D eigenvalue weighted by Crippen LogP contribution is -1.97. The van der Waals surface area contributed by atoms with E-state index in [-0.39, 0.29) is 0 Å². The number of methoxy groups -OCH3 is 3. The van der Waals surface area contributed by atoms with Crippen molar-refractivity contribution in [2.45, 2.75) is 0 Å². The lowest BCUT2D eigenvalue weighted by atomic mass is 10.2. The molecule has 6 heteroatoms. The molecule has 0 heterocycles. The van der Waals surface area contributed by atoms with E-state index in [1.165, 1.54) is 21.3 Å². The summed E-state index contributed by atoms with van der Waals surface area (Å²) in [6.07, 6.45) is 1.09. The number of nitriles is 1. The first-order valence-electron chi connectivity index (χ1n) is 4.74. The van der Waals surface area contributed by atoms with Crippen LogP contribution in [0.5, 0.6) is 17.2 Å². The predicted molar refractivity (Wildman–Crippen MR) is 63.8 cm³/mol. The molecule has 1 rings (SSSR count). The molecular formula is C11H13N3O3. The molecule has 0 saturated heterocycles. The molecule has 0 aromatic heterocycles. The third-order valence-electron chi connectivity index (χ3n) is 1.98. The van der Waals surface area contributed by atoms with E-state index in [0.29, 0.717) is 22.9 Å². The third-order valence-corrected chi connectivity index (χ3v) is 1.98. The summed E-state index contributed by atoms with van der Waals surface area (Å²) in [5.74, 6) is 1.54. The van der Waals surface area contributed by atoms with Crippen molar-refractivity contribution in [2.24, 2.45) is 5.10 Å². The van der Waals surface area contributed by atoms with Crippen molar-refractivity contribution in [1.82, 2.24) is 0 Å². The summed E-state index contributed by atoms with van der Waals surface area (Å²) in [5.41, 5.74) is 3.31. The molecule has 0 bridgehead atoms. The van der Waals surface area contributed by atoms with E-state index < -0.39 is 0 Å². The molecule has 0 aliphatic rings. The number of anilines is 1. The van der Waals surface area contributed by atoms with Crippen molar-refractivity contribution in [3.63, 3.8) is 0 Å². The Hall–Kier alpha value is -2.42. The van der Waals surface area contributed by atoms with Crippen LogP contribution in [0.2, 0.25) is 0 Å². The van der Waals surface area contributed by atoms with Gasteiger partial charge in [-0.15, -0.1) is 0 Å². The Morgan fingerprint density at radius 2 is 1.76 bits per heavy atom. The quantitative estimate of drug-likeness (QED) is 0.620. The Morgan fingerprint density at radius 3 is 2.18 bits per heavy atom. The molecule has 0 unspecified atom stereocenters. The summed E-state index contributed by atoms with van der Waals surface area (Å²) < 4.78 is 15.5. The summed E-state index contributed by atoms with van der Waals surface area (Å²) in [7, 11) is 4.58. The first kappa shape index (κ1) is 12.6. The van der Waals surface area contributed by atoms with E-state index in [4.69, 9.17) is 19.5 Å². The number of hydrazone groups is 1. The molecule has 0 radical (unpaired) electrons. The van der Waals surface area contributed by atoms with E-state index in [1.54, 1.807) is 18.2 Å². The van der Waals surface area contributed by atoms with Gasteiger partial charge in [-0.1, -0.05) is 0 Å². The lowest BCUT2D eigenvalue weighted by molar-refractivity contribution is 0.324. The smallest absolute Gasteiger partial charge is 0.203 e. The van der Waals surface area contributed by atoms with Crippen LogP contribution in [0.3, 0.4) is 0 Å². The summed E-state index contributed by atoms with van der Waals surface area (Å²) in [6.45, 7) is 0. The minimum Gasteiger partial charge on any atom is -0.493 e. The van der Waals surface area contributed by atoms with Gasteiger partial charge >= 0.3 is 0 Å². The van der Waals surface area contributed by atoms with Crippen molar-refractivity contribution in [2.75, 3.05) is 26.8 Å². The molecule has 0 spiro atoms.